The highest BCUT2D eigenvalue weighted by atomic mass is 19.4. The zero-order valence-electron chi connectivity index (χ0n) is 13.7. The number of nitrogens with two attached hydrogens (primary N) is 1. The van der Waals surface area contributed by atoms with Gasteiger partial charge < -0.3 is 10.6 Å². The highest BCUT2D eigenvalue weighted by molar-refractivity contribution is 5.92. The minimum absolute atomic E-state index is 0.00922. The zero-order chi connectivity index (χ0) is 18.2. The Balaban J connectivity index is 1.82. The van der Waals surface area contributed by atoms with Gasteiger partial charge in [-0.1, -0.05) is 6.07 Å². The molecule has 2 atom stereocenters. The number of aromatic nitrogens is 2. The van der Waals surface area contributed by atoms with E-state index in [0.29, 0.717) is 6.54 Å². The van der Waals surface area contributed by atoms with E-state index in [1.165, 1.54) is 29.1 Å². The van der Waals surface area contributed by atoms with E-state index in [9.17, 15) is 18.0 Å². The van der Waals surface area contributed by atoms with Gasteiger partial charge >= 0.3 is 6.18 Å². The Morgan fingerprint density at radius 2 is 2.08 bits per heavy atom. The normalized spacial score (nSPS) is 21.4. The highest BCUT2D eigenvalue weighted by Crippen LogP contribution is 2.30. The molecule has 0 saturated carbocycles. The lowest BCUT2D eigenvalue weighted by molar-refractivity contribution is -0.137. The predicted molar refractivity (Wildman–Crippen MR) is 86.3 cm³/mol. The summed E-state index contributed by atoms with van der Waals surface area (Å²) in [5.41, 5.74) is 5.61. The van der Waals surface area contributed by atoms with E-state index in [-0.39, 0.29) is 29.4 Å². The van der Waals surface area contributed by atoms with Gasteiger partial charge in [-0.15, -0.1) is 0 Å². The summed E-state index contributed by atoms with van der Waals surface area (Å²) >= 11 is 0. The molecule has 1 saturated heterocycles. The molecular formula is C17H19F3N4O. The number of carbonyl (C=O) groups is 1. The number of carbonyl (C=O) groups excluding carboxylic acids is 1. The molecule has 1 aromatic carbocycles. The zero-order valence-corrected chi connectivity index (χ0v) is 13.7. The van der Waals surface area contributed by atoms with Crippen molar-refractivity contribution in [2.45, 2.75) is 38.0 Å². The van der Waals surface area contributed by atoms with Gasteiger partial charge in [-0.3, -0.25) is 4.79 Å². The average molecular weight is 352 g/mol. The third kappa shape index (κ3) is 3.68. The summed E-state index contributed by atoms with van der Waals surface area (Å²) in [6.07, 6.45) is -1.49. The summed E-state index contributed by atoms with van der Waals surface area (Å²) in [7, 11) is 0. The Kier molecular flexibility index (Phi) is 4.55. The molecule has 1 aliphatic heterocycles. The minimum atomic E-state index is -4.43. The molecule has 3 rings (SSSR count). The van der Waals surface area contributed by atoms with Gasteiger partial charge in [0.1, 0.15) is 0 Å². The highest BCUT2D eigenvalue weighted by Gasteiger charge is 2.31. The van der Waals surface area contributed by atoms with E-state index in [1.807, 2.05) is 6.92 Å². The van der Waals surface area contributed by atoms with E-state index in [1.54, 1.807) is 4.90 Å². The molecule has 0 bridgehead atoms. The first-order chi connectivity index (χ1) is 11.8. The summed E-state index contributed by atoms with van der Waals surface area (Å²) in [6, 6.07) is 6.44. The molecule has 2 aromatic rings. The van der Waals surface area contributed by atoms with Crippen molar-refractivity contribution in [2.24, 2.45) is 5.73 Å². The maximum Gasteiger partial charge on any atom is 0.416 e. The van der Waals surface area contributed by atoms with Crippen molar-refractivity contribution in [2.75, 3.05) is 6.54 Å². The third-order valence-electron chi connectivity index (χ3n) is 4.42. The molecule has 8 heteroatoms. The van der Waals surface area contributed by atoms with E-state index in [0.717, 1.165) is 25.0 Å². The number of amides is 1. The van der Waals surface area contributed by atoms with Crippen molar-refractivity contribution in [1.82, 2.24) is 14.7 Å². The Labute approximate surface area is 143 Å². The Bertz CT molecular complexity index is 771. The molecule has 1 amide bonds. The molecule has 1 aliphatic rings. The van der Waals surface area contributed by atoms with Crippen LogP contribution in [0, 0.1) is 0 Å². The lowest BCUT2D eigenvalue weighted by atomic mass is 9.99. The fourth-order valence-corrected chi connectivity index (χ4v) is 3.06. The Hall–Kier alpha value is -2.35. The lowest BCUT2D eigenvalue weighted by Gasteiger charge is -2.35. The van der Waals surface area contributed by atoms with Crippen LogP contribution in [0.2, 0.25) is 0 Å². The molecule has 25 heavy (non-hydrogen) atoms. The van der Waals surface area contributed by atoms with Crippen molar-refractivity contribution in [3.8, 4) is 5.69 Å². The molecule has 0 aliphatic carbocycles. The first-order valence-electron chi connectivity index (χ1n) is 8.05. The first-order valence-corrected chi connectivity index (χ1v) is 8.05. The van der Waals surface area contributed by atoms with Crippen LogP contribution in [0.15, 0.2) is 36.5 Å². The van der Waals surface area contributed by atoms with Crippen LogP contribution < -0.4 is 5.73 Å². The molecule has 1 fully saturated rings. The van der Waals surface area contributed by atoms with Crippen LogP contribution in [0.3, 0.4) is 0 Å². The third-order valence-corrected chi connectivity index (χ3v) is 4.42. The fourth-order valence-electron chi connectivity index (χ4n) is 3.06. The quantitative estimate of drug-likeness (QED) is 0.904. The van der Waals surface area contributed by atoms with E-state index >= 15 is 0 Å². The van der Waals surface area contributed by atoms with Gasteiger partial charge in [0.2, 0.25) is 0 Å². The molecule has 0 radical (unpaired) electrons. The van der Waals surface area contributed by atoms with E-state index in [4.69, 9.17) is 5.73 Å². The largest absolute Gasteiger partial charge is 0.416 e. The van der Waals surface area contributed by atoms with Gasteiger partial charge in [-0.05, 0) is 44.0 Å². The average Bonchev–Trinajstić information content (AvgIpc) is 3.04. The summed E-state index contributed by atoms with van der Waals surface area (Å²) in [6.45, 7) is 2.48. The van der Waals surface area contributed by atoms with E-state index < -0.39 is 11.7 Å². The van der Waals surface area contributed by atoms with Crippen LogP contribution in [0.25, 0.3) is 5.69 Å². The molecular weight excluding hydrogens is 333 g/mol. The van der Waals surface area contributed by atoms with Gasteiger partial charge in [0.15, 0.2) is 5.69 Å². The van der Waals surface area contributed by atoms with E-state index in [2.05, 4.69) is 5.10 Å². The maximum absolute atomic E-state index is 12.8. The number of nitrogens with zero attached hydrogens (tertiary/aromatic N) is 3. The summed E-state index contributed by atoms with van der Waals surface area (Å²) in [5.74, 6) is -0.231. The topological polar surface area (TPSA) is 64.2 Å². The number of rotatable bonds is 2. The van der Waals surface area contributed by atoms with Gasteiger partial charge in [-0.25, -0.2) is 4.68 Å². The molecule has 2 unspecified atom stereocenters. The second-order valence-corrected chi connectivity index (χ2v) is 6.33. The van der Waals surface area contributed by atoms with Crippen LogP contribution in [0.5, 0.6) is 0 Å². The number of benzene rings is 1. The number of halogens is 3. The van der Waals surface area contributed by atoms with Crippen molar-refractivity contribution >= 4 is 5.91 Å². The molecule has 1 aromatic heterocycles. The number of hydrogen-bond acceptors (Lipinski definition) is 3. The number of likely N-dealkylation sites (tertiary alicyclic amines) is 1. The Morgan fingerprint density at radius 1 is 1.32 bits per heavy atom. The van der Waals surface area contributed by atoms with Crippen molar-refractivity contribution < 1.29 is 18.0 Å². The van der Waals surface area contributed by atoms with Crippen LogP contribution in [0.1, 0.15) is 35.8 Å². The van der Waals surface area contributed by atoms with Crippen LogP contribution in [0.4, 0.5) is 13.2 Å². The maximum atomic E-state index is 12.8. The summed E-state index contributed by atoms with van der Waals surface area (Å²) < 4.78 is 39.8. The van der Waals surface area contributed by atoms with Crippen molar-refractivity contribution in [3.05, 3.63) is 47.8 Å². The number of piperidine rings is 1. The lowest BCUT2D eigenvalue weighted by Crippen LogP contribution is -2.48. The summed E-state index contributed by atoms with van der Waals surface area (Å²) in [5, 5.41) is 4.16. The molecule has 134 valence electrons. The van der Waals surface area contributed by atoms with Crippen LogP contribution in [-0.2, 0) is 6.18 Å². The molecule has 2 heterocycles. The standard InChI is InChI=1S/C17H19F3N4O/c1-11-9-13(21)5-7-23(11)16(25)15-6-8-24(22-15)14-4-2-3-12(10-14)17(18,19)20/h2-4,6,8,10-11,13H,5,7,9,21H2,1H3. The summed E-state index contributed by atoms with van der Waals surface area (Å²) in [4.78, 5) is 14.3. The van der Waals surface area contributed by atoms with Crippen molar-refractivity contribution in [1.29, 1.82) is 0 Å². The van der Waals surface area contributed by atoms with Gasteiger partial charge in [0.05, 0.1) is 11.3 Å². The minimum Gasteiger partial charge on any atom is -0.334 e. The van der Waals surface area contributed by atoms with Crippen LogP contribution >= 0.6 is 0 Å². The number of alkyl halides is 3. The predicted octanol–water partition coefficient (Wildman–Crippen LogP) is 2.84. The number of hydrogen-bond donors (Lipinski definition) is 1. The van der Waals surface area contributed by atoms with Gasteiger partial charge in [0, 0.05) is 24.8 Å². The van der Waals surface area contributed by atoms with Gasteiger partial charge in [-0.2, -0.15) is 18.3 Å². The van der Waals surface area contributed by atoms with Crippen molar-refractivity contribution in [3.63, 3.8) is 0 Å². The second kappa shape index (κ2) is 6.51. The Morgan fingerprint density at radius 3 is 2.76 bits per heavy atom. The van der Waals surface area contributed by atoms with Gasteiger partial charge in [0.25, 0.3) is 5.91 Å². The first kappa shape index (κ1) is 17.5. The molecule has 2 N–H and O–H groups in total. The SMILES string of the molecule is CC1CC(N)CCN1C(=O)c1ccn(-c2cccc(C(F)(F)F)c2)n1. The molecule has 5 nitrogen and oxygen atoms in total. The second-order valence-electron chi connectivity index (χ2n) is 6.33. The smallest absolute Gasteiger partial charge is 0.334 e. The molecule has 0 spiro atoms. The monoisotopic (exact) mass is 352 g/mol. The van der Waals surface area contributed by atoms with Crippen LogP contribution in [-0.4, -0.2) is 39.2 Å². The fraction of sp³-hybridized carbons (Fsp3) is 0.412.